The number of likely N-dealkylation sites (N-methyl/N-ethyl adjacent to an activating group) is 1. The highest BCUT2D eigenvalue weighted by Crippen LogP contribution is 2.22. The molecule has 30 heavy (non-hydrogen) atoms. The molecular formula is C22H34N4O4. The summed E-state index contributed by atoms with van der Waals surface area (Å²) in [5.41, 5.74) is 1.69. The third kappa shape index (κ3) is 6.97. The minimum absolute atomic E-state index is 0.287. The molecule has 1 aliphatic carbocycles. The van der Waals surface area contributed by atoms with E-state index in [1.165, 1.54) is 32.1 Å². The van der Waals surface area contributed by atoms with E-state index < -0.39 is 6.10 Å². The summed E-state index contributed by atoms with van der Waals surface area (Å²) in [7, 11) is 2.11. The van der Waals surface area contributed by atoms with Gasteiger partial charge in [0.15, 0.2) is 0 Å². The van der Waals surface area contributed by atoms with E-state index in [2.05, 4.69) is 32.2 Å². The van der Waals surface area contributed by atoms with Crippen molar-refractivity contribution >= 4 is 0 Å². The van der Waals surface area contributed by atoms with Crippen LogP contribution in [-0.4, -0.2) is 65.8 Å². The van der Waals surface area contributed by atoms with Crippen LogP contribution in [0.5, 0.6) is 11.6 Å². The number of aliphatic hydroxyl groups is 1. The van der Waals surface area contributed by atoms with E-state index in [9.17, 15) is 5.11 Å². The van der Waals surface area contributed by atoms with Crippen molar-refractivity contribution in [2.24, 2.45) is 0 Å². The molecule has 0 saturated heterocycles. The second-order valence-corrected chi connectivity index (χ2v) is 7.98. The summed E-state index contributed by atoms with van der Waals surface area (Å²) in [4.78, 5) is 2.28. The third-order valence-electron chi connectivity index (χ3n) is 5.54. The van der Waals surface area contributed by atoms with Crippen LogP contribution in [0.4, 0.5) is 0 Å². The number of rotatable bonds is 12. The average Bonchev–Trinajstić information content (AvgIpc) is 3.18. The van der Waals surface area contributed by atoms with Gasteiger partial charge < -0.3 is 24.8 Å². The molecule has 8 heteroatoms. The minimum Gasteiger partial charge on any atom is -0.491 e. The van der Waals surface area contributed by atoms with Crippen molar-refractivity contribution in [3.63, 3.8) is 0 Å². The first-order valence-electron chi connectivity index (χ1n) is 10.8. The predicted molar refractivity (Wildman–Crippen MR) is 114 cm³/mol. The molecule has 1 aliphatic rings. The first-order chi connectivity index (χ1) is 14.6. The highest BCUT2D eigenvalue weighted by Gasteiger charge is 2.20. The van der Waals surface area contributed by atoms with Crippen LogP contribution in [0.3, 0.4) is 0 Å². The van der Waals surface area contributed by atoms with Gasteiger partial charge >= 0.3 is 0 Å². The number of hydrogen-bond donors (Lipinski definition) is 2. The van der Waals surface area contributed by atoms with E-state index >= 15 is 0 Å². The summed E-state index contributed by atoms with van der Waals surface area (Å²) >= 11 is 0. The van der Waals surface area contributed by atoms with Gasteiger partial charge in [-0.15, -0.1) is 0 Å². The van der Waals surface area contributed by atoms with Gasteiger partial charge in [0, 0.05) is 31.2 Å². The zero-order chi connectivity index (χ0) is 21.2. The molecule has 1 heterocycles. The van der Waals surface area contributed by atoms with Crippen LogP contribution >= 0.6 is 0 Å². The summed E-state index contributed by atoms with van der Waals surface area (Å²) in [6.07, 6.45) is 5.88. The van der Waals surface area contributed by atoms with Crippen molar-refractivity contribution in [1.82, 2.24) is 20.5 Å². The molecule has 0 radical (unpaired) electrons. The van der Waals surface area contributed by atoms with Gasteiger partial charge in [0.05, 0.1) is 0 Å². The number of ether oxygens (including phenoxy) is 2. The van der Waals surface area contributed by atoms with Gasteiger partial charge in [-0.1, -0.05) is 42.6 Å². The lowest BCUT2D eigenvalue weighted by Crippen LogP contribution is -2.40. The van der Waals surface area contributed by atoms with Crippen LogP contribution in [0.1, 0.15) is 43.4 Å². The number of aromatic nitrogens is 2. The summed E-state index contributed by atoms with van der Waals surface area (Å²) in [5, 5.41) is 21.2. The number of nitrogens with one attached hydrogen (secondary N) is 1. The standard InChI is InChI=1S/C22H34N4O4/c1-17-22(25-30-24-17)28-13-12-23-14-18-8-6-7-11-21(18)29-16-20(27)15-26(2)19-9-4-3-5-10-19/h6-8,11,19-20,23,27H,3-5,9-10,12-16H2,1-2H3. The maximum atomic E-state index is 10.4. The van der Waals surface area contributed by atoms with Crippen molar-refractivity contribution in [2.45, 2.75) is 57.7 Å². The first-order valence-corrected chi connectivity index (χ1v) is 10.8. The fourth-order valence-corrected chi connectivity index (χ4v) is 3.83. The minimum atomic E-state index is -0.509. The van der Waals surface area contributed by atoms with Gasteiger partial charge in [0.2, 0.25) is 0 Å². The Kier molecular flexibility index (Phi) is 8.92. The largest absolute Gasteiger partial charge is 0.491 e. The van der Waals surface area contributed by atoms with Crippen molar-refractivity contribution in [3.05, 3.63) is 35.5 Å². The Labute approximate surface area is 178 Å². The molecule has 2 aromatic rings. The molecule has 2 N–H and O–H groups in total. The van der Waals surface area contributed by atoms with E-state index in [1.807, 2.05) is 24.3 Å². The lowest BCUT2D eigenvalue weighted by Gasteiger charge is -2.32. The SMILES string of the molecule is Cc1nonc1OCCNCc1ccccc1OCC(O)CN(C)C1CCCCC1. The van der Waals surface area contributed by atoms with Gasteiger partial charge in [-0.05, 0) is 38.0 Å². The molecule has 1 atom stereocenters. The van der Waals surface area contributed by atoms with Gasteiger partial charge in [0.25, 0.3) is 5.88 Å². The number of hydrogen-bond acceptors (Lipinski definition) is 8. The second kappa shape index (κ2) is 11.9. The molecule has 1 aromatic carbocycles. The molecule has 3 rings (SSSR count). The van der Waals surface area contributed by atoms with E-state index in [1.54, 1.807) is 6.92 Å². The smallest absolute Gasteiger partial charge is 0.278 e. The number of aliphatic hydroxyl groups excluding tert-OH is 1. The van der Waals surface area contributed by atoms with E-state index in [0.717, 1.165) is 11.3 Å². The lowest BCUT2D eigenvalue weighted by atomic mass is 9.94. The van der Waals surface area contributed by atoms with Gasteiger partial charge in [-0.3, -0.25) is 0 Å². The van der Waals surface area contributed by atoms with Gasteiger partial charge in [-0.2, -0.15) is 0 Å². The van der Waals surface area contributed by atoms with Crippen molar-refractivity contribution < 1.29 is 19.2 Å². The fourth-order valence-electron chi connectivity index (χ4n) is 3.83. The molecule has 1 saturated carbocycles. The third-order valence-corrected chi connectivity index (χ3v) is 5.54. The molecule has 0 bridgehead atoms. The van der Waals surface area contributed by atoms with E-state index in [4.69, 9.17) is 9.47 Å². The van der Waals surface area contributed by atoms with Crippen LogP contribution in [0.15, 0.2) is 28.9 Å². The van der Waals surface area contributed by atoms with Gasteiger partial charge in [-0.25, -0.2) is 4.63 Å². The summed E-state index contributed by atoms with van der Waals surface area (Å²) in [6, 6.07) is 8.48. The molecule has 0 spiro atoms. The Morgan fingerprint density at radius 2 is 2.00 bits per heavy atom. The summed E-state index contributed by atoms with van der Waals surface area (Å²) < 4.78 is 16.1. The highest BCUT2D eigenvalue weighted by molar-refractivity contribution is 5.33. The Hall–Kier alpha value is -2.16. The lowest BCUT2D eigenvalue weighted by molar-refractivity contribution is 0.0558. The first kappa shape index (κ1) is 22.5. The fraction of sp³-hybridized carbons (Fsp3) is 0.636. The molecular weight excluding hydrogens is 384 g/mol. The van der Waals surface area contributed by atoms with E-state index in [0.29, 0.717) is 43.9 Å². The number of benzene rings is 1. The molecule has 1 fully saturated rings. The van der Waals surface area contributed by atoms with Crippen LogP contribution in [0.2, 0.25) is 0 Å². The molecule has 1 unspecified atom stereocenters. The zero-order valence-electron chi connectivity index (χ0n) is 18.0. The topological polar surface area (TPSA) is 92.9 Å². The number of aryl methyl sites for hydroxylation is 1. The maximum Gasteiger partial charge on any atom is 0.278 e. The average molecular weight is 419 g/mol. The Balaban J connectivity index is 1.38. The quantitative estimate of drug-likeness (QED) is 0.508. The highest BCUT2D eigenvalue weighted by atomic mass is 16.6. The predicted octanol–water partition coefficient (Wildman–Crippen LogP) is 2.55. The van der Waals surface area contributed by atoms with Crippen molar-refractivity contribution in [2.75, 3.05) is 33.4 Å². The monoisotopic (exact) mass is 418 g/mol. The Morgan fingerprint density at radius 3 is 2.77 bits per heavy atom. The molecule has 0 amide bonds. The number of nitrogens with zero attached hydrogens (tertiary/aromatic N) is 3. The Bertz CT molecular complexity index is 748. The van der Waals surface area contributed by atoms with Crippen LogP contribution in [-0.2, 0) is 6.54 Å². The second-order valence-electron chi connectivity index (χ2n) is 7.98. The van der Waals surface area contributed by atoms with Crippen LogP contribution in [0, 0.1) is 6.92 Å². The summed E-state index contributed by atoms with van der Waals surface area (Å²) in [5.74, 6) is 1.22. The Morgan fingerprint density at radius 1 is 1.20 bits per heavy atom. The molecule has 0 aliphatic heterocycles. The van der Waals surface area contributed by atoms with Crippen molar-refractivity contribution in [1.29, 1.82) is 0 Å². The molecule has 1 aromatic heterocycles. The van der Waals surface area contributed by atoms with E-state index in [-0.39, 0.29) is 6.61 Å². The maximum absolute atomic E-state index is 10.4. The van der Waals surface area contributed by atoms with Crippen LogP contribution < -0.4 is 14.8 Å². The zero-order valence-corrected chi connectivity index (χ0v) is 18.0. The van der Waals surface area contributed by atoms with Crippen LogP contribution in [0.25, 0.3) is 0 Å². The summed E-state index contributed by atoms with van der Waals surface area (Å²) in [6.45, 7) is 4.47. The molecule has 166 valence electrons. The normalized spacial score (nSPS) is 16.0. The van der Waals surface area contributed by atoms with Gasteiger partial charge in [0.1, 0.15) is 30.8 Å². The number of para-hydroxylation sites is 1. The molecule has 8 nitrogen and oxygen atoms in total. The van der Waals surface area contributed by atoms with Crippen molar-refractivity contribution in [3.8, 4) is 11.6 Å².